The predicted octanol–water partition coefficient (Wildman–Crippen LogP) is 4.17. The molecule has 0 radical (unpaired) electrons. The maximum absolute atomic E-state index is 11.4. The number of amides is 1. The van der Waals surface area contributed by atoms with Gasteiger partial charge in [-0.3, -0.25) is 4.79 Å². The summed E-state index contributed by atoms with van der Waals surface area (Å²) in [5.41, 5.74) is 8.55. The van der Waals surface area contributed by atoms with E-state index in [-0.39, 0.29) is 0 Å². The van der Waals surface area contributed by atoms with Gasteiger partial charge in [-0.05, 0) is 35.2 Å². The lowest BCUT2D eigenvalue weighted by Crippen LogP contribution is -2.12. The van der Waals surface area contributed by atoms with Crippen LogP contribution in [0.3, 0.4) is 0 Å². The van der Waals surface area contributed by atoms with Gasteiger partial charge in [0.05, 0.1) is 10.6 Å². The van der Waals surface area contributed by atoms with Gasteiger partial charge in [0.1, 0.15) is 0 Å². The van der Waals surface area contributed by atoms with Crippen molar-refractivity contribution in [2.45, 2.75) is 6.42 Å². The molecule has 1 heterocycles. The highest BCUT2D eigenvalue weighted by Crippen LogP contribution is 2.31. The number of hydrogen-bond acceptors (Lipinski definition) is 1. The number of nitrogens with zero attached hydrogens (tertiary/aromatic N) is 1. The third-order valence-electron chi connectivity index (χ3n) is 3.86. The van der Waals surface area contributed by atoms with E-state index < -0.39 is 5.91 Å². The second-order valence-corrected chi connectivity index (χ2v) is 5.97. The quantitative estimate of drug-likeness (QED) is 0.768. The van der Waals surface area contributed by atoms with Crippen molar-refractivity contribution in [1.29, 1.82) is 0 Å². The van der Waals surface area contributed by atoms with Crippen molar-refractivity contribution < 1.29 is 4.79 Å². The first kappa shape index (κ1) is 14.9. The van der Waals surface area contributed by atoms with E-state index in [0.717, 1.165) is 16.6 Å². The molecule has 0 bridgehead atoms. The summed E-state index contributed by atoms with van der Waals surface area (Å²) in [4.78, 5) is 11.4. The number of halogens is 2. The van der Waals surface area contributed by atoms with Gasteiger partial charge in [-0.15, -0.1) is 0 Å². The fraction of sp³-hybridized carbons (Fsp3) is 0.118. The summed E-state index contributed by atoms with van der Waals surface area (Å²) in [6.07, 6.45) is 0.532. The van der Waals surface area contributed by atoms with Gasteiger partial charge >= 0.3 is 0 Å². The molecule has 112 valence electrons. The highest BCUT2D eigenvalue weighted by molar-refractivity contribution is 6.38. The second-order valence-electron chi connectivity index (χ2n) is 5.18. The number of aryl methyl sites for hydroxylation is 1. The van der Waals surface area contributed by atoms with Crippen molar-refractivity contribution in [2.24, 2.45) is 12.8 Å². The zero-order chi connectivity index (χ0) is 15.9. The lowest BCUT2D eigenvalue weighted by atomic mass is 10.1. The molecule has 0 aliphatic heterocycles. The van der Waals surface area contributed by atoms with Gasteiger partial charge < -0.3 is 10.3 Å². The maximum atomic E-state index is 11.4. The first-order chi connectivity index (χ1) is 10.5. The molecule has 5 heteroatoms. The van der Waals surface area contributed by atoms with E-state index >= 15 is 0 Å². The van der Waals surface area contributed by atoms with Crippen LogP contribution >= 0.6 is 23.2 Å². The first-order valence-corrected chi connectivity index (χ1v) is 7.54. The number of rotatable bonds is 3. The largest absolute Gasteiger partial charge is 0.366 e. The maximum Gasteiger partial charge on any atom is 0.250 e. The minimum Gasteiger partial charge on any atom is -0.366 e. The van der Waals surface area contributed by atoms with E-state index in [4.69, 9.17) is 28.9 Å². The Bertz CT molecular complexity index is 884. The fourth-order valence-corrected chi connectivity index (χ4v) is 3.24. The standard InChI is InChI=1S/C17H14Cl2N2O/c1-21-11(8-10-4-2-3-5-15(10)21)9-13-14(18)7-6-12(16(13)19)17(20)22/h2-8H,9H2,1H3,(H2,20,22). The van der Waals surface area contributed by atoms with Gasteiger partial charge in [0.25, 0.3) is 0 Å². The molecule has 3 aromatic rings. The summed E-state index contributed by atoms with van der Waals surface area (Å²) in [5.74, 6) is -0.556. The van der Waals surface area contributed by atoms with Crippen molar-refractivity contribution in [1.82, 2.24) is 4.57 Å². The summed E-state index contributed by atoms with van der Waals surface area (Å²) in [7, 11) is 2.00. The smallest absolute Gasteiger partial charge is 0.250 e. The monoisotopic (exact) mass is 332 g/mol. The number of nitrogens with two attached hydrogens (primary N) is 1. The Morgan fingerprint density at radius 3 is 2.59 bits per heavy atom. The Morgan fingerprint density at radius 2 is 1.91 bits per heavy atom. The SMILES string of the molecule is Cn1c(Cc2c(Cl)ccc(C(N)=O)c2Cl)cc2ccccc21. The number of benzene rings is 2. The van der Waals surface area contributed by atoms with Gasteiger partial charge in [-0.1, -0.05) is 41.4 Å². The van der Waals surface area contributed by atoms with Gasteiger partial charge in [0.15, 0.2) is 0 Å². The van der Waals surface area contributed by atoms with E-state index in [2.05, 4.69) is 22.8 Å². The molecule has 0 aliphatic rings. The minimum absolute atomic E-state index is 0.292. The van der Waals surface area contributed by atoms with Crippen LogP contribution in [-0.2, 0) is 13.5 Å². The molecule has 1 amide bonds. The van der Waals surface area contributed by atoms with Crippen LogP contribution < -0.4 is 5.73 Å². The van der Waals surface area contributed by atoms with Crippen LogP contribution in [0.25, 0.3) is 10.9 Å². The minimum atomic E-state index is -0.556. The summed E-state index contributed by atoms with van der Waals surface area (Å²) >= 11 is 12.6. The van der Waals surface area contributed by atoms with Crippen LogP contribution in [-0.4, -0.2) is 10.5 Å². The highest BCUT2D eigenvalue weighted by atomic mass is 35.5. The van der Waals surface area contributed by atoms with Crippen molar-refractivity contribution in [3.8, 4) is 0 Å². The van der Waals surface area contributed by atoms with Gasteiger partial charge in [0.2, 0.25) is 5.91 Å². The molecule has 22 heavy (non-hydrogen) atoms. The Kier molecular flexibility index (Phi) is 3.85. The molecule has 0 spiro atoms. The molecule has 0 saturated carbocycles. The molecule has 0 saturated heterocycles. The first-order valence-electron chi connectivity index (χ1n) is 6.79. The highest BCUT2D eigenvalue weighted by Gasteiger charge is 2.16. The van der Waals surface area contributed by atoms with E-state index in [9.17, 15) is 4.79 Å². The molecule has 0 aliphatic carbocycles. The fourth-order valence-electron chi connectivity index (χ4n) is 2.65. The van der Waals surface area contributed by atoms with Gasteiger partial charge in [0, 0.05) is 29.7 Å². The molecule has 3 rings (SSSR count). The number of carbonyl (C=O) groups is 1. The Balaban J connectivity index is 2.10. The Labute approximate surface area is 138 Å². The summed E-state index contributed by atoms with van der Waals surface area (Å²) < 4.78 is 2.10. The van der Waals surface area contributed by atoms with Crippen molar-refractivity contribution in [2.75, 3.05) is 0 Å². The van der Waals surface area contributed by atoms with Crippen LogP contribution in [0.1, 0.15) is 21.6 Å². The van der Waals surface area contributed by atoms with Crippen molar-refractivity contribution >= 4 is 40.0 Å². The lowest BCUT2D eigenvalue weighted by molar-refractivity contribution is 0.100. The van der Waals surface area contributed by atoms with Crippen LogP contribution in [0, 0.1) is 0 Å². The third-order valence-corrected chi connectivity index (χ3v) is 4.65. The molecule has 1 aromatic heterocycles. The molecule has 0 fully saturated rings. The zero-order valence-electron chi connectivity index (χ0n) is 11.9. The molecule has 3 nitrogen and oxygen atoms in total. The molecular formula is C17H14Cl2N2O. The predicted molar refractivity (Wildman–Crippen MR) is 90.7 cm³/mol. The van der Waals surface area contributed by atoms with Gasteiger partial charge in [-0.2, -0.15) is 0 Å². The van der Waals surface area contributed by atoms with Crippen LogP contribution in [0.2, 0.25) is 10.0 Å². The van der Waals surface area contributed by atoms with Gasteiger partial charge in [-0.25, -0.2) is 0 Å². The zero-order valence-corrected chi connectivity index (χ0v) is 13.4. The summed E-state index contributed by atoms with van der Waals surface area (Å²) in [6, 6.07) is 13.4. The Morgan fingerprint density at radius 1 is 1.18 bits per heavy atom. The average Bonchev–Trinajstić information content (AvgIpc) is 2.80. The van der Waals surface area contributed by atoms with E-state index in [0.29, 0.717) is 27.6 Å². The molecule has 2 N–H and O–H groups in total. The number of para-hydroxylation sites is 1. The summed E-state index contributed by atoms with van der Waals surface area (Å²) in [5, 5.41) is 2.00. The molecule has 0 unspecified atom stereocenters. The second kappa shape index (κ2) is 5.67. The summed E-state index contributed by atoms with van der Waals surface area (Å²) in [6.45, 7) is 0. The lowest BCUT2D eigenvalue weighted by Gasteiger charge is -2.11. The van der Waals surface area contributed by atoms with Crippen LogP contribution in [0.5, 0.6) is 0 Å². The number of carbonyl (C=O) groups excluding carboxylic acids is 1. The average molecular weight is 333 g/mol. The molecular weight excluding hydrogens is 319 g/mol. The number of aromatic nitrogens is 1. The van der Waals surface area contributed by atoms with E-state index in [1.807, 2.05) is 19.2 Å². The van der Waals surface area contributed by atoms with Crippen molar-refractivity contribution in [3.05, 3.63) is 69.3 Å². The normalized spacial score (nSPS) is 11.0. The number of hydrogen-bond donors (Lipinski definition) is 1. The topological polar surface area (TPSA) is 48.0 Å². The third kappa shape index (κ3) is 2.47. The number of fused-ring (bicyclic) bond motifs is 1. The van der Waals surface area contributed by atoms with Crippen LogP contribution in [0.4, 0.5) is 0 Å². The number of primary amides is 1. The van der Waals surface area contributed by atoms with E-state index in [1.165, 1.54) is 0 Å². The Hall–Kier alpha value is -1.97. The van der Waals surface area contributed by atoms with Crippen molar-refractivity contribution in [3.63, 3.8) is 0 Å². The molecule has 2 aromatic carbocycles. The van der Waals surface area contributed by atoms with E-state index in [1.54, 1.807) is 12.1 Å². The van der Waals surface area contributed by atoms with Crippen LogP contribution in [0.15, 0.2) is 42.5 Å². The molecule has 0 atom stereocenters.